The Hall–Kier alpha value is -3.64. The second kappa shape index (κ2) is 8.13. The molecule has 2 aromatic carbocycles. The van der Waals surface area contributed by atoms with E-state index in [2.05, 4.69) is 9.88 Å². The molecule has 0 fully saturated rings. The van der Waals surface area contributed by atoms with Crippen molar-refractivity contribution in [2.45, 2.75) is 20.0 Å². The van der Waals surface area contributed by atoms with Gasteiger partial charge in [0.25, 0.3) is 0 Å². The minimum absolute atomic E-state index is 0.0844. The average Bonchev–Trinajstić information content (AvgIpc) is 3.12. The number of ether oxygens (including phenoxy) is 2. The second-order valence-electron chi connectivity index (χ2n) is 8.38. The van der Waals surface area contributed by atoms with Crippen LogP contribution in [0.15, 0.2) is 60.5 Å². The number of aromatic nitrogens is 1. The average molecular weight is 428 g/mol. The highest BCUT2D eigenvalue weighted by atomic mass is 16.5. The molecule has 0 saturated carbocycles. The summed E-state index contributed by atoms with van der Waals surface area (Å²) >= 11 is 0. The fourth-order valence-electron chi connectivity index (χ4n) is 4.12. The maximum absolute atomic E-state index is 13.2. The number of allylic oxidation sites excluding steroid dienone is 1. The van der Waals surface area contributed by atoms with Gasteiger partial charge in [-0.05, 0) is 54.5 Å². The predicted molar refractivity (Wildman–Crippen MR) is 124 cm³/mol. The van der Waals surface area contributed by atoms with Gasteiger partial charge in [0.2, 0.25) is 5.78 Å². The molecule has 3 heterocycles. The summed E-state index contributed by atoms with van der Waals surface area (Å²) in [5, 5.41) is 0. The van der Waals surface area contributed by atoms with E-state index in [4.69, 9.17) is 9.47 Å². The van der Waals surface area contributed by atoms with E-state index in [1.54, 1.807) is 6.20 Å². The summed E-state index contributed by atoms with van der Waals surface area (Å²) in [6, 6.07) is 15.9. The van der Waals surface area contributed by atoms with Crippen LogP contribution in [0.2, 0.25) is 0 Å². The van der Waals surface area contributed by atoms with Crippen LogP contribution in [0.5, 0.6) is 11.5 Å². The van der Waals surface area contributed by atoms with E-state index in [0.29, 0.717) is 36.9 Å². The topological polar surface area (TPSA) is 54.9 Å². The van der Waals surface area contributed by atoms with Gasteiger partial charge in [0.15, 0.2) is 5.76 Å². The summed E-state index contributed by atoms with van der Waals surface area (Å²) in [4.78, 5) is 21.8. The summed E-state index contributed by atoms with van der Waals surface area (Å²) in [6.45, 7) is 3.69. The molecule has 1 aromatic heterocycles. The van der Waals surface area contributed by atoms with Crippen LogP contribution < -0.4 is 14.4 Å². The lowest BCUT2D eigenvalue weighted by Gasteiger charge is -2.29. The number of hydrogen-bond donors (Lipinski definition) is 0. The Morgan fingerprint density at radius 2 is 1.97 bits per heavy atom. The number of fused-ring (bicyclic) bond motifs is 3. The number of nitrogens with zero attached hydrogens (tertiary/aromatic N) is 3. The molecule has 6 nitrogen and oxygen atoms in total. The molecule has 6 heteroatoms. The van der Waals surface area contributed by atoms with Crippen LogP contribution in [0.4, 0.5) is 5.69 Å². The number of aryl methyl sites for hydroxylation is 1. The molecule has 0 N–H and O–H groups in total. The molecule has 0 unspecified atom stereocenters. The monoisotopic (exact) mass is 427 g/mol. The summed E-state index contributed by atoms with van der Waals surface area (Å²) in [7, 11) is 4.00. The molecule has 0 radical (unpaired) electrons. The smallest absolute Gasteiger partial charge is 0.232 e. The molecule has 0 amide bonds. The van der Waals surface area contributed by atoms with E-state index in [0.717, 1.165) is 33.8 Å². The molecule has 0 spiro atoms. The molecular formula is C26H25N3O3. The van der Waals surface area contributed by atoms with Gasteiger partial charge < -0.3 is 14.4 Å². The van der Waals surface area contributed by atoms with Crippen LogP contribution in [0.1, 0.15) is 32.7 Å². The third-order valence-electron chi connectivity index (χ3n) is 5.81. The van der Waals surface area contributed by atoms with E-state index < -0.39 is 0 Å². The van der Waals surface area contributed by atoms with Crippen molar-refractivity contribution in [3.05, 3.63) is 88.4 Å². The third-order valence-corrected chi connectivity index (χ3v) is 5.81. The van der Waals surface area contributed by atoms with Gasteiger partial charge in [-0.15, -0.1) is 0 Å². The standard InChI is InChI=1S/C26H25N3O3/c1-17-12-22-21(15-29(16-31-22)14-19-6-4-5-11-27-19)26-24(17)25(30)23(32-26)13-18-7-9-20(10-8-18)28(2)3/h4-13H,14-16H2,1-3H3/b23-13-. The van der Waals surface area contributed by atoms with Gasteiger partial charge in [-0.2, -0.15) is 0 Å². The SMILES string of the molecule is Cc1cc2c(c3c1C(=O)/C(=C/c1ccc(N(C)C)cc1)O3)CN(Cc1ccccn1)CO2. The molecule has 162 valence electrons. The normalized spacial score (nSPS) is 16.3. The van der Waals surface area contributed by atoms with Crippen molar-refractivity contribution >= 4 is 17.5 Å². The first-order valence-corrected chi connectivity index (χ1v) is 10.6. The number of hydrogen-bond acceptors (Lipinski definition) is 6. The van der Waals surface area contributed by atoms with Crippen molar-refractivity contribution in [1.29, 1.82) is 0 Å². The number of carbonyl (C=O) groups excluding carboxylic acids is 1. The zero-order valence-electron chi connectivity index (χ0n) is 18.5. The minimum Gasteiger partial charge on any atom is -0.478 e. The van der Waals surface area contributed by atoms with E-state index in [1.807, 2.05) is 80.5 Å². The Kier molecular flexibility index (Phi) is 5.15. The Labute approximate surface area is 187 Å². The largest absolute Gasteiger partial charge is 0.478 e. The number of Topliss-reactive ketones (excluding diaryl/α,β-unsaturated/α-hetero) is 1. The number of carbonyl (C=O) groups is 1. The third kappa shape index (κ3) is 3.74. The zero-order valence-corrected chi connectivity index (χ0v) is 18.5. The summed E-state index contributed by atoms with van der Waals surface area (Å²) in [6.07, 6.45) is 3.60. The maximum Gasteiger partial charge on any atom is 0.232 e. The molecule has 5 rings (SSSR count). The van der Waals surface area contributed by atoms with Gasteiger partial charge in [-0.1, -0.05) is 18.2 Å². The number of anilines is 1. The summed E-state index contributed by atoms with van der Waals surface area (Å²) in [5.74, 6) is 1.66. The summed E-state index contributed by atoms with van der Waals surface area (Å²) < 4.78 is 12.2. The van der Waals surface area contributed by atoms with Crippen molar-refractivity contribution in [3.63, 3.8) is 0 Å². The van der Waals surface area contributed by atoms with Crippen molar-refractivity contribution < 1.29 is 14.3 Å². The van der Waals surface area contributed by atoms with Crippen LogP contribution in [0.25, 0.3) is 6.08 Å². The summed E-state index contributed by atoms with van der Waals surface area (Å²) in [5.41, 5.74) is 5.40. The Bertz CT molecular complexity index is 1200. The maximum atomic E-state index is 13.2. The predicted octanol–water partition coefficient (Wildman–Crippen LogP) is 4.42. The molecule has 0 saturated heterocycles. The molecule has 0 atom stereocenters. The van der Waals surface area contributed by atoms with Crippen LogP contribution in [-0.2, 0) is 13.1 Å². The van der Waals surface area contributed by atoms with Gasteiger partial charge >= 0.3 is 0 Å². The number of benzene rings is 2. The minimum atomic E-state index is -0.0844. The number of pyridine rings is 1. The highest BCUT2D eigenvalue weighted by molar-refractivity contribution is 6.15. The Morgan fingerprint density at radius 1 is 1.16 bits per heavy atom. The van der Waals surface area contributed by atoms with Crippen molar-refractivity contribution in [1.82, 2.24) is 9.88 Å². The first-order chi connectivity index (χ1) is 15.5. The lowest BCUT2D eigenvalue weighted by Crippen LogP contribution is -2.32. The van der Waals surface area contributed by atoms with E-state index in [9.17, 15) is 4.79 Å². The van der Waals surface area contributed by atoms with E-state index in [1.165, 1.54) is 0 Å². The first kappa shape index (κ1) is 20.3. The van der Waals surface area contributed by atoms with Crippen LogP contribution in [-0.4, -0.2) is 36.5 Å². The Balaban J connectivity index is 1.44. The van der Waals surface area contributed by atoms with Crippen LogP contribution >= 0.6 is 0 Å². The van der Waals surface area contributed by atoms with Crippen LogP contribution in [0.3, 0.4) is 0 Å². The first-order valence-electron chi connectivity index (χ1n) is 10.6. The molecule has 0 bridgehead atoms. The molecule has 32 heavy (non-hydrogen) atoms. The second-order valence-corrected chi connectivity index (χ2v) is 8.38. The number of ketones is 1. The lowest BCUT2D eigenvalue weighted by atomic mass is 9.98. The van der Waals surface area contributed by atoms with Gasteiger partial charge in [0.05, 0.1) is 16.8 Å². The fraction of sp³-hybridized carbons (Fsp3) is 0.231. The fourth-order valence-corrected chi connectivity index (χ4v) is 4.12. The van der Waals surface area contributed by atoms with E-state index >= 15 is 0 Å². The van der Waals surface area contributed by atoms with Gasteiger partial charge in [0, 0.05) is 39.1 Å². The van der Waals surface area contributed by atoms with Crippen LogP contribution in [0, 0.1) is 6.92 Å². The molecule has 0 aliphatic carbocycles. The number of rotatable bonds is 4. The van der Waals surface area contributed by atoms with Gasteiger partial charge in [0.1, 0.15) is 18.2 Å². The van der Waals surface area contributed by atoms with Gasteiger partial charge in [-0.3, -0.25) is 14.7 Å². The highest BCUT2D eigenvalue weighted by Gasteiger charge is 2.35. The van der Waals surface area contributed by atoms with Gasteiger partial charge in [-0.25, -0.2) is 0 Å². The zero-order chi connectivity index (χ0) is 22.2. The molecule has 3 aromatic rings. The molecule has 2 aliphatic rings. The lowest BCUT2D eigenvalue weighted by molar-refractivity contribution is 0.0861. The van der Waals surface area contributed by atoms with E-state index in [-0.39, 0.29) is 5.78 Å². The quantitative estimate of drug-likeness (QED) is 0.575. The highest BCUT2D eigenvalue weighted by Crippen LogP contribution is 2.44. The molecule has 2 aliphatic heterocycles. The van der Waals surface area contributed by atoms with Crippen molar-refractivity contribution in [2.75, 3.05) is 25.7 Å². The van der Waals surface area contributed by atoms with Crippen molar-refractivity contribution in [3.8, 4) is 11.5 Å². The molecular weight excluding hydrogens is 402 g/mol. The van der Waals surface area contributed by atoms with Crippen molar-refractivity contribution in [2.24, 2.45) is 0 Å². The Morgan fingerprint density at radius 3 is 2.69 bits per heavy atom.